The number of hydrogen-bond acceptors (Lipinski definition) is 4. The van der Waals surface area contributed by atoms with Crippen LogP contribution in [0.25, 0.3) is 0 Å². The second-order valence-corrected chi connectivity index (χ2v) is 13.4. The van der Waals surface area contributed by atoms with Gasteiger partial charge in [0.05, 0.1) is 10.6 Å². The number of amides is 2. The van der Waals surface area contributed by atoms with Gasteiger partial charge in [0.15, 0.2) is 0 Å². The number of aryl methyl sites for hydroxylation is 2. The summed E-state index contributed by atoms with van der Waals surface area (Å²) in [5.74, 6) is -0.884. The number of halogens is 2. The van der Waals surface area contributed by atoms with E-state index in [1.807, 2.05) is 74.5 Å². The van der Waals surface area contributed by atoms with E-state index in [9.17, 15) is 18.0 Å². The first-order valence-electron chi connectivity index (χ1n) is 13.6. The van der Waals surface area contributed by atoms with Crippen LogP contribution in [0.3, 0.4) is 0 Å². The molecule has 0 radical (unpaired) electrons. The summed E-state index contributed by atoms with van der Waals surface area (Å²) in [5.41, 5.74) is 3.84. The number of nitrogens with zero attached hydrogens (tertiary/aromatic N) is 2. The predicted octanol–water partition coefficient (Wildman–Crippen LogP) is 6.30. The van der Waals surface area contributed by atoms with Crippen molar-refractivity contribution in [1.82, 2.24) is 10.2 Å². The summed E-state index contributed by atoms with van der Waals surface area (Å²) in [7, 11) is -2.68. The molecule has 0 saturated heterocycles. The highest BCUT2D eigenvalue weighted by molar-refractivity contribution is 9.10. The van der Waals surface area contributed by atoms with Crippen molar-refractivity contribution >= 4 is 55.1 Å². The van der Waals surface area contributed by atoms with Crippen molar-refractivity contribution in [2.75, 3.05) is 17.9 Å². The smallest absolute Gasteiger partial charge is 0.264 e. The van der Waals surface area contributed by atoms with Gasteiger partial charge in [0.1, 0.15) is 12.6 Å². The summed E-state index contributed by atoms with van der Waals surface area (Å²) < 4.78 is 30.1. The molecule has 4 aromatic carbocycles. The molecule has 0 fully saturated rings. The number of rotatable bonds is 11. The van der Waals surface area contributed by atoms with E-state index in [-0.39, 0.29) is 23.8 Å². The predicted molar refractivity (Wildman–Crippen MR) is 175 cm³/mol. The summed E-state index contributed by atoms with van der Waals surface area (Å²) in [5, 5.41) is 3.08. The molecule has 7 nitrogen and oxygen atoms in total. The summed E-state index contributed by atoms with van der Waals surface area (Å²) in [4.78, 5) is 29.2. The van der Waals surface area contributed by atoms with Crippen LogP contribution in [0, 0.1) is 13.8 Å². The highest BCUT2D eigenvalue weighted by Crippen LogP contribution is 2.28. The third-order valence-electron chi connectivity index (χ3n) is 7.22. The summed E-state index contributed by atoms with van der Waals surface area (Å²) in [6.45, 7) is 3.38. The number of likely N-dealkylation sites (N-methyl/N-ethyl adjacent to an activating group) is 1. The Labute approximate surface area is 266 Å². The van der Waals surface area contributed by atoms with Crippen molar-refractivity contribution in [3.63, 3.8) is 0 Å². The van der Waals surface area contributed by atoms with Crippen molar-refractivity contribution in [3.8, 4) is 0 Å². The molecular weight excluding hydrogens is 650 g/mol. The molecular formula is C33H33BrClN3O4S. The summed E-state index contributed by atoms with van der Waals surface area (Å²) >= 11 is 9.53. The first-order valence-corrected chi connectivity index (χ1v) is 16.3. The molecule has 224 valence electrons. The zero-order valence-corrected chi connectivity index (χ0v) is 27.3. The Balaban J connectivity index is 1.80. The molecule has 0 saturated carbocycles. The van der Waals surface area contributed by atoms with Gasteiger partial charge in [-0.15, -0.1) is 0 Å². The van der Waals surface area contributed by atoms with Gasteiger partial charge in [-0.1, -0.05) is 76.1 Å². The van der Waals surface area contributed by atoms with Gasteiger partial charge in [-0.2, -0.15) is 0 Å². The summed E-state index contributed by atoms with van der Waals surface area (Å²) in [6.07, 6.45) is 0.244. The van der Waals surface area contributed by atoms with Gasteiger partial charge < -0.3 is 10.2 Å². The lowest BCUT2D eigenvalue weighted by atomic mass is 10.0. The first-order chi connectivity index (χ1) is 20.5. The SMILES string of the molecule is CNC(=O)[C@H](Cc1ccccc1)N(Cc1cccc(Br)c1)C(=O)CN(c1ccc(C)c(C)c1)S(=O)(=O)c1ccc(Cl)cc1. The fraction of sp³-hybridized carbons (Fsp3) is 0.212. The second-order valence-electron chi connectivity index (χ2n) is 10.2. The summed E-state index contributed by atoms with van der Waals surface area (Å²) in [6, 6.07) is 27.0. The van der Waals surface area contributed by atoms with E-state index >= 15 is 0 Å². The van der Waals surface area contributed by atoms with Crippen molar-refractivity contribution in [2.45, 2.75) is 37.8 Å². The third-order valence-corrected chi connectivity index (χ3v) is 9.75. The lowest BCUT2D eigenvalue weighted by molar-refractivity contribution is -0.139. The van der Waals surface area contributed by atoms with Gasteiger partial charge in [0, 0.05) is 29.5 Å². The highest BCUT2D eigenvalue weighted by atomic mass is 79.9. The second kappa shape index (κ2) is 14.2. The van der Waals surface area contributed by atoms with E-state index in [0.29, 0.717) is 10.7 Å². The van der Waals surface area contributed by atoms with Crippen LogP contribution in [0.15, 0.2) is 106 Å². The highest BCUT2D eigenvalue weighted by Gasteiger charge is 2.34. The molecule has 0 spiro atoms. The average Bonchev–Trinajstić information content (AvgIpc) is 2.99. The minimum Gasteiger partial charge on any atom is -0.357 e. The molecule has 10 heteroatoms. The monoisotopic (exact) mass is 681 g/mol. The van der Waals surface area contributed by atoms with Gasteiger partial charge in [-0.25, -0.2) is 8.42 Å². The van der Waals surface area contributed by atoms with Crippen LogP contribution in [-0.4, -0.2) is 44.8 Å². The van der Waals surface area contributed by atoms with Gasteiger partial charge in [0.2, 0.25) is 11.8 Å². The third kappa shape index (κ3) is 8.04. The van der Waals surface area contributed by atoms with Crippen molar-refractivity contribution in [1.29, 1.82) is 0 Å². The number of anilines is 1. The topological polar surface area (TPSA) is 86.8 Å². The molecule has 1 atom stereocenters. The van der Waals surface area contributed by atoms with Crippen LogP contribution in [0.1, 0.15) is 22.3 Å². The molecule has 1 N–H and O–H groups in total. The van der Waals surface area contributed by atoms with Crippen LogP contribution < -0.4 is 9.62 Å². The van der Waals surface area contributed by atoms with E-state index in [1.165, 1.54) is 36.2 Å². The van der Waals surface area contributed by atoms with Crippen LogP contribution >= 0.6 is 27.5 Å². The average molecular weight is 683 g/mol. The Kier molecular flexibility index (Phi) is 10.7. The lowest BCUT2D eigenvalue weighted by Crippen LogP contribution is -2.53. The quantitative estimate of drug-likeness (QED) is 0.201. The van der Waals surface area contributed by atoms with Gasteiger partial charge in [-0.05, 0) is 84.6 Å². The Morgan fingerprint density at radius 3 is 2.16 bits per heavy atom. The number of benzene rings is 4. The largest absolute Gasteiger partial charge is 0.357 e. The van der Waals surface area contributed by atoms with Crippen LogP contribution in [0.4, 0.5) is 5.69 Å². The standard InChI is InChI=1S/C33H33BrClN3O4S/c1-23-12-15-29(18-24(23)2)38(43(41,42)30-16-13-28(35)14-17-30)22-32(39)37(21-26-10-7-11-27(34)19-26)31(33(40)36-3)20-25-8-5-4-6-9-25/h4-19,31H,20-22H2,1-3H3,(H,36,40)/t31-/m0/s1. The van der Waals surface area contributed by atoms with E-state index in [2.05, 4.69) is 21.2 Å². The fourth-order valence-corrected chi connectivity index (χ4v) is 6.67. The fourth-order valence-electron chi connectivity index (χ4n) is 4.70. The number of hydrogen-bond donors (Lipinski definition) is 1. The molecule has 0 aliphatic heterocycles. The normalized spacial score (nSPS) is 11.9. The van der Waals surface area contributed by atoms with E-state index in [4.69, 9.17) is 11.6 Å². The minimum absolute atomic E-state index is 0.00592. The molecule has 43 heavy (non-hydrogen) atoms. The van der Waals surface area contributed by atoms with Crippen molar-refractivity contribution in [2.24, 2.45) is 0 Å². The van der Waals surface area contributed by atoms with Gasteiger partial charge in [0.25, 0.3) is 10.0 Å². The molecule has 0 aliphatic rings. The number of nitrogens with one attached hydrogen (secondary N) is 1. The van der Waals surface area contributed by atoms with Crippen LogP contribution in [-0.2, 0) is 32.6 Å². The first kappa shape index (κ1) is 32.3. The van der Waals surface area contributed by atoms with Crippen molar-refractivity contribution < 1.29 is 18.0 Å². The Morgan fingerprint density at radius 2 is 1.53 bits per heavy atom. The number of carbonyl (C=O) groups excluding carboxylic acids is 2. The molecule has 0 aromatic heterocycles. The minimum atomic E-state index is -4.20. The van der Waals surface area contributed by atoms with E-state index in [0.717, 1.165) is 31.0 Å². The Morgan fingerprint density at radius 1 is 0.860 bits per heavy atom. The maximum atomic E-state index is 14.4. The zero-order valence-electron chi connectivity index (χ0n) is 24.1. The molecule has 4 aromatic rings. The molecule has 0 aliphatic carbocycles. The van der Waals surface area contributed by atoms with Crippen molar-refractivity contribution in [3.05, 3.63) is 129 Å². The number of carbonyl (C=O) groups is 2. The number of sulfonamides is 1. The van der Waals surface area contributed by atoms with Crippen LogP contribution in [0.2, 0.25) is 5.02 Å². The Bertz CT molecular complexity index is 1700. The van der Waals surface area contributed by atoms with Crippen LogP contribution in [0.5, 0.6) is 0 Å². The van der Waals surface area contributed by atoms with Gasteiger partial charge >= 0.3 is 0 Å². The maximum Gasteiger partial charge on any atom is 0.264 e. The van der Waals surface area contributed by atoms with Gasteiger partial charge in [-0.3, -0.25) is 13.9 Å². The molecule has 0 heterocycles. The zero-order chi connectivity index (χ0) is 31.1. The van der Waals surface area contributed by atoms with E-state index in [1.54, 1.807) is 12.1 Å². The Hall–Kier alpha value is -3.66. The molecule has 0 unspecified atom stereocenters. The lowest BCUT2D eigenvalue weighted by Gasteiger charge is -2.33. The molecule has 4 rings (SSSR count). The maximum absolute atomic E-state index is 14.4. The molecule has 2 amide bonds. The molecule has 0 bridgehead atoms. The van der Waals surface area contributed by atoms with E-state index < -0.39 is 28.5 Å².